The van der Waals surface area contributed by atoms with Crippen molar-refractivity contribution in [1.29, 1.82) is 0 Å². The van der Waals surface area contributed by atoms with Crippen molar-refractivity contribution in [2.45, 2.75) is 19.4 Å². The Bertz CT molecular complexity index is 530. The molecule has 1 aromatic heterocycles. The molecule has 3 nitrogen and oxygen atoms in total. The SMILES string of the molecule is Cc1cccc2ccc(NC3CCNC3)nc12. The monoisotopic (exact) mass is 227 g/mol. The standard InChI is InChI=1S/C14H17N3/c1-10-3-2-4-11-5-6-13(17-14(10)11)16-12-7-8-15-9-12/h2-6,12,15H,7-9H2,1H3,(H,16,17). The van der Waals surface area contributed by atoms with Crippen LogP contribution in [0.5, 0.6) is 0 Å². The van der Waals surface area contributed by atoms with Crippen molar-refractivity contribution < 1.29 is 0 Å². The molecule has 3 rings (SSSR count). The zero-order valence-electron chi connectivity index (χ0n) is 10.0. The molecule has 0 amide bonds. The van der Waals surface area contributed by atoms with Gasteiger partial charge in [0.25, 0.3) is 0 Å². The molecule has 0 bridgehead atoms. The summed E-state index contributed by atoms with van der Waals surface area (Å²) in [5.74, 6) is 0.987. The van der Waals surface area contributed by atoms with Gasteiger partial charge in [0.2, 0.25) is 0 Å². The molecule has 17 heavy (non-hydrogen) atoms. The summed E-state index contributed by atoms with van der Waals surface area (Å²) in [6.07, 6.45) is 1.17. The fraction of sp³-hybridized carbons (Fsp3) is 0.357. The summed E-state index contributed by atoms with van der Waals surface area (Å²) in [7, 11) is 0. The van der Waals surface area contributed by atoms with Gasteiger partial charge >= 0.3 is 0 Å². The summed E-state index contributed by atoms with van der Waals surface area (Å²) in [6.45, 7) is 4.24. The Labute approximate surface area is 101 Å². The van der Waals surface area contributed by atoms with Crippen molar-refractivity contribution in [3.63, 3.8) is 0 Å². The predicted octanol–water partition coefficient (Wildman–Crippen LogP) is 2.32. The summed E-state index contributed by atoms with van der Waals surface area (Å²) in [5, 5.41) is 8.05. The number of nitrogens with one attached hydrogen (secondary N) is 2. The summed E-state index contributed by atoms with van der Waals surface area (Å²) in [4.78, 5) is 4.70. The van der Waals surface area contributed by atoms with E-state index >= 15 is 0 Å². The van der Waals surface area contributed by atoms with Crippen LogP contribution in [0.3, 0.4) is 0 Å². The van der Waals surface area contributed by atoms with Crippen LogP contribution < -0.4 is 10.6 Å². The van der Waals surface area contributed by atoms with Gasteiger partial charge < -0.3 is 10.6 Å². The normalized spacial score (nSPS) is 19.7. The maximum absolute atomic E-state index is 4.70. The van der Waals surface area contributed by atoms with Gasteiger partial charge in [0.05, 0.1) is 5.52 Å². The van der Waals surface area contributed by atoms with E-state index in [2.05, 4.69) is 47.9 Å². The number of anilines is 1. The number of aryl methyl sites for hydroxylation is 1. The number of nitrogens with zero attached hydrogens (tertiary/aromatic N) is 1. The lowest BCUT2D eigenvalue weighted by atomic mass is 10.1. The van der Waals surface area contributed by atoms with E-state index in [0.29, 0.717) is 6.04 Å². The highest BCUT2D eigenvalue weighted by molar-refractivity contribution is 5.83. The van der Waals surface area contributed by atoms with Gasteiger partial charge in [-0.15, -0.1) is 0 Å². The topological polar surface area (TPSA) is 37.0 Å². The van der Waals surface area contributed by atoms with Gasteiger partial charge in [0.15, 0.2) is 0 Å². The average Bonchev–Trinajstić information content (AvgIpc) is 2.83. The van der Waals surface area contributed by atoms with Gasteiger partial charge in [0.1, 0.15) is 5.82 Å². The van der Waals surface area contributed by atoms with Crippen molar-refractivity contribution in [2.75, 3.05) is 18.4 Å². The predicted molar refractivity (Wildman–Crippen MR) is 71.4 cm³/mol. The Hall–Kier alpha value is -1.61. The molecule has 3 heteroatoms. The van der Waals surface area contributed by atoms with Crippen LogP contribution in [0.4, 0.5) is 5.82 Å². The van der Waals surface area contributed by atoms with Crippen molar-refractivity contribution in [1.82, 2.24) is 10.3 Å². The summed E-state index contributed by atoms with van der Waals surface area (Å²) < 4.78 is 0. The highest BCUT2D eigenvalue weighted by Gasteiger charge is 2.14. The number of para-hydroxylation sites is 1. The van der Waals surface area contributed by atoms with E-state index in [0.717, 1.165) is 24.4 Å². The first-order valence-electron chi connectivity index (χ1n) is 6.16. The number of hydrogen-bond acceptors (Lipinski definition) is 3. The summed E-state index contributed by atoms with van der Waals surface area (Å²) in [6, 6.07) is 11.0. The van der Waals surface area contributed by atoms with Gasteiger partial charge in [0, 0.05) is 18.0 Å². The number of pyridine rings is 1. The Balaban J connectivity index is 1.92. The third-order valence-corrected chi connectivity index (χ3v) is 3.33. The zero-order chi connectivity index (χ0) is 11.7. The van der Waals surface area contributed by atoms with Crippen LogP contribution in [0.2, 0.25) is 0 Å². The van der Waals surface area contributed by atoms with Crippen LogP contribution in [-0.4, -0.2) is 24.1 Å². The Morgan fingerprint density at radius 2 is 2.24 bits per heavy atom. The molecule has 0 spiro atoms. The highest BCUT2D eigenvalue weighted by Crippen LogP contribution is 2.19. The zero-order valence-corrected chi connectivity index (χ0v) is 10.0. The fourth-order valence-electron chi connectivity index (χ4n) is 2.36. The first-order valence-corrected chi connectivity index (χ1v) is 6.16. The molecule has 1 aliphatic heterocycles. The van der Waals surface area contributed by atoms with E-state index in [1.54, 1.807) is 0 Å². The molecular weight excluding hydrogens is 210 g/mol. The first kappa shape index (κ1) is 10.5. The largest absolute Gasteiger partial charge is 0.366 e. The second kappa shape index (κ2) is 4.34. The molecule has 2 aromatic rings. The van der Waals surface area contributed by atoms with E-state index in [4.69, 9.17) is 4.98 Å². The lowest BCUT2D eigenvalue weighted by Crippen LogP contribution is -2.22. The molecule has 2 N–H and O–H groups in total. The molecule has 0 radical (unpaired) electrons. The molecule has 1 saturated heterocycles. The molecule has 0 aliphatic carbocycles. The third kappa shape index (κ3) is 2.11. The molecule has 0 saturated carbocycles. The molecular formula is C14H17N3. The Kier molecular flexibility index (Phi) is 2.69. The second-order valence-corrected chi connectivity index (χ2v) is 4.68. The van der Waals surface area contributed by atoms with E-state index < -0.39 is 0 Å². The Morgan fingerprint density at radius 1 is 1.29 bits per heavy atom. The quantitative estimate of drug-likeness (QED) is 0.826. The number of rotatable bonds is 2. The Morgan fingerprint density at radius 3 is 3.06 bits per heavy atom. The van der Waals surface area contributed by atoms with Gasteiger partial charge in [-0.1, -0.05) is 18.2 Å². The van der Waals surface area contributed by atoms with Crippen LogP contribution in [-0.2, 0) is 0 Å². The molecule has 1 fully saturated rings. The maximum atomic E-state index is 4.70. The van der Waals surface area contributed by atoms with Crippen LogP contribution >= 0.6 is 0 Å². The lowest BCUT2D eigenvalue weighted by molar-refractivity contribution is 0.789. The summed E-state index contributed by atoms with van der Waals surface area (Å²) >= 11 is 0. The highest BCUT2D eigenvalue weighted by atomic mass is 15.1. The molecule has 1 aliphatic rings. The van der Waals surface area contributed by atoms with Crippen LogP contribution in [0.25, 0.3) is 10.9 Å². The van der Waals surface area contributed by atoms with E-state index in [-0.39, 0.29) is 0 Å². The smallest absolute Gasteiger partial charge is 0.126 e. The molecule has 1 atom stereocenters. The van der Waals surface area contributed by atoms with E-state index in [9.17, 15) is 0 Å². The number of hydrogen-bond donors (Lipinski definition) is 2. The van der Waals surface area contributed by atoms with Crippen LogP contribution in [0.15, 0.2) is 30.3 Å². The van der Waals surface area contributed by atoms with Gasteiger partial charge in [-0.2, -0.15) is 0 Å². The fourth-order valence-corrected chi connectivity index (χ4v) is 2.36. The molecule has 1 aromatic carbocycles. The summed E-state index contributed by atoms with van der Waals surface area (Å²) in [5.41, 5.74) is 2.33. The molecule has 88 valence electrons. The molecule has 2 heterocycles. The number of aromatic nitrogens is 1. The third-order valence-electron chi connectivity index (χ3n) is 3.33. The van der Waals surface area contributed by atoms with Gasteiger partial charge in [-0.3, -0.25) is 0 Å². The maximum Gasteiger partial charge on any atom is 0.126 e. The number of fused-ring (bicyclic) bond motifs is 1. The van der Waals surface area contributed by atoms with Crippen molar-refractivity contribution >= 4 is 16.7 Å². The lowest BCUT2D eigenvalue weighted by Gasteiger charge is -2.12. The van der Waals surface area contributed by atoms with E-state index in [1.807, 2.05) is 0 Å². The van der Waals surface area contributed by atoms with Crippen LogP contribution in [0, 0.1) is 6.92 Å². The first-order chi connectivity index (χ1) is 8.33. The van der Waals surface area contributed by atoms with Gasteiger partial charge in [-0.05, 0) is 37.6 Å². The minimum absolute atomic E-state index is 0.518. The van der Waals surface area contributed by atoms with Crippen LogP contribution in [0.1, 0.15) is 12.0 Å². The second-order valence-electron chi connectivity index (χ2n) is 4.68. The minimum Gasteiger partial charge on any atom is -0.366 e. The number of benzene rings is 1. The molecule has 1 unspecified atom stereocenters. The average molecular weight is 227 g/mol. The minimum atomic E-state index is 0.518. The van der Waals surface area contributed by atoms with Crippen molar-refractivity contribution in [3.8, 4) is 0 Å². The van der Waals surface area contributed by atoms with Gasteiger partial charge in [-0.25, -0.2) is 4.98 Å². The van der Waals surface area contributed by atoms with E-state index in [1.165, 1.54) is 17.4 Å². The van der Waals surface area contributed by atoms with Crippen molar-refractivity contribution in [3.05, 3.63) is 35.9 Å². The van der Waals surface area contributed by atoms with Crippen molar-refractivity contribution in [2.24, 2.45) is 0 Å².